The van der Waals surface area contributed by atoms with Crippen molar-refractivity contribution in [2.75, 3.05) is 5.32 Å². The molecule has 0 saturated heterocycles. The van der Waals surface area contributed by atoms with Gasteiger partial charge in [0.25, 0.3) is 0 Å². The first-order chi connectivity index (χ1) is 4.33. The van der Waals surface area contributed by atoms with Crippen molar-refractivity contribution in [2.45, 2.75) is 6.92 Å². The van der Waals surface area contributed by atoms with Crippen molar-refractivity contribution >= 4 is 6.01 Å². The first kappa shape index (κ1) is 5.63. The molecular weight excluding hydrogens is 118 g/mol. The Morgan fingerprint density at radius 1 is 1.89 bits per heavy atom. The predicted octanol–water partition coefficient (Wildman–Crippen LogP) is 0.876. The van der Waals surface area contributed by atoms with Gasteiger partial charge < -0.3 is 4.42 Å². The van der Waals surface area contributed by atoms with E-state index in [2.05, 4.69) is 10.3 Å². The van der Waals surface area contributed by atoms with Crippen LogP contribution in [0.3, 0.4) is 0 Å². The molecule has 0 saturated carbocycles. The third kappa shape index (κ3) is 1.19. The molecule has 4 nitrogen and oxygen atoms in total. The lowest BCUT2D eigenvalue weighted by molar-refractivity contribution is 0.577. The standard InChI is InChI=1S/C5H5N3O/c1-4-2-9-5(8-4)7-3-6/h2H,1H3,(H,7,8). The summed E-state index contributed by atoms with van der Waals surface area (Å²) in [5, 5.41) is 10.3. The highest BCUT2D eigenvalue weighted by Gasteiger charge is 1.95. The summed E-state index contributed by atoms with van der Waals surface area (Å²) < 4.78 is 4.76. The van der Waals surface area contributed by atoms with E-state index in [9.17, 15) is 0 Å². The molecule has 9 heavy (non-hydrogen) atoms. The van der Waals surface area contributed by atoms with Crippen LogP contribution in [0, 0.1) is 18.4 Å². The number of nitrogens with zero attached hydrogens (tertiary/aromatic N) is 2. The molecule has 0 fully saturated rings. The van der Waals surface area contributed by atoms with Crippen LogP contribution in [-0.2, 0) is 0 Å². The van der Waals surface area contributed by atoms with Gasteiger partial charge in [-0.3, -0.25) is 0 Å². The van der Waals surface area contributed by atoms with Gasteiger partial charge in [-0.2, -0.15) is 10.2 Å². The quantitative estimate of drug-likeness (QED) is 0.444. The molecule has 0 aliphatic rings. The fourth-order valence-electron chi connectivity index (χ4n) is 0.459. The topological polar surface area (TPSA) is 61.9 Å². The van der Waals surface area contributed by atoms with E-state index >= 15 is 0 Å². The average Bonchev–Trinajstić information content (AvgIpc) is 2.17. The Kier molecular flexibility index (Phi) is 1.36. The van der Waals surface area contributed by atoms with Crippen LogP contribution < -0.4 is 5.32 Å². The molecule has 1 aromatic rings. The van der Waals surface area contributed by atoms with Crippen LogP contribution in [0.2, 0.25) is 0 Å². The fraction of sp³-hybridized carbons (Fsp3) is 0.200. The van der Waals surface area contributed by atoms with Crippen LogP contribution in [0.4, 0.5) is 6.01 Å². The molecular formula is C5H5N3O. The summed E-state index contributed by atoms with van der Waals surface area (Å²) in [6, 6.07) is 0.245. The highest BCUT2D eigenvalue weighted by atomic mass is 16.4. The SMILES string of the molecule is Cc1coc(NC#N)n1. The van der Waals surface area contributed by atoms with Gasteiger partial charge in [-0.25, -0.2) is 5.32 Å². The first-order valence-electron chi connectivity index (χ1n) is 2.40. The zero-order chi connectivity index (χ0) is 6.69. The number of hydrogen-bond donors (Lipinski definition) is 1. The minimum Gasteiger partial charge on any atom is -0.431 e. The maximum atomic E-state index is 8.07. The Hall–Kier alpha value is -1.50. The third-order valence-corrected chi connectivity index (χ3v) is 0.782. The van der Waals surface area contributed by atoms with Crippen LogP contribution in [0.1, 0.15) is 5.69 Å². The number of aromatic nitrogens is 1. The van der Waals surface area contributed by atoms with Crippen molar-refractivity contribution in [1.82, 2.24) is 4.98 Å². The number of aryl methyl sites for hydroxylation is 1. The first-order valence-corrected chi connectivity index (χ1v) is 2.40. The summed E-state index contributed by atoms with van der Waals surface area (Å²) in [6.45, 7) is 1.78. The molecule has 0 aliphatic heterocycles. The molecule has 1 aromatic heterocycles. The van der Waals surface area contributed by atoms with Gasteiger partial charge in [0.15, 0.2) is 6.19 Å². The van der Waals surface area contributed by atoms with E-state index < -0.39 is 0 Å². The Morgan fingerprint density at radius 2 is 2.67 bits per heavy atom. The monoisotopic (exact) mass is 123 g/mol. The number of nitrogens with one attached hydrogen (secondary N) is 1. The normalized spacial score (nSPS) is 8.44. The minimum atomic E-state index is 0.245. The lowest BCUT2D eigenvalue weighted by Gasteiger charge is -1.80. The molecule has 0 atom stereocenters. The van der Waals surface area contributed by atoms with Crippen molar-refractivity contribution in [1.29, 1.82) is 5.26 Å². The van der Waals surface area contributed by atoms with Gasteiger partial charge >= 0.3 is 6.01 Å². The molecule has 4 heteroatoms. The fourth-order valence-corrected chi connectivity index (χ4v) is 0.459. The van der Waals surface area contributed by atoms with Crippen molar-refractivity contribution < 1.29 is 4.42 Å². The van der Waals surface area contributed by atoms with Gasteiger partial charge in [0.05, 0.1) is 5.69 Å². The summed E-state index contributed by atoms with van der Waals surface area (Å²) in [4.78, 5) is 3.80. The number of oxazole rings is 1. The Morgan fingerprint density at radius 3 is 3.11 bits per heavy atom. The average molecular weight is 123 g/mol. The second kappa shape index (κ2) is 2.18. The van der Waals surface area contributed by atoms with E-state index in [1.807, 2.05) is 0 Å². The van der Waals surface area contributed by atoms with E-state index in [1.165, 1.54) is 6.26 Å². The second-order valence-electron chi connectivity index (χ2n) is 1.53. The second-order valence-corrected chi connectivity index (χ2v) is 1.53. The minimum absolute atomic E-state index is 0.245. The van der Waals surface area contributed by atoms with Crippen molar-refractivity contribution in [2.24, 2.45) is 0 Å². The predicted molar refractivity (Wildman–Crippen MR) is 30.5 cm³/mol. The smallest absolute Gasteiger partial charge is 0.308 e. The van der Waals surface area contributed by atoms with Crippen LogP contribution in [0.25, 0.3) is 0 Å². The molecule has 0 radical (unpaired) electrons. The lowest BCUT2D eigenvalue weighted by Crippen LogP contribution is -1.85. The molecule has 0 spiro atoms. The van der Waals surface area contributed by atoms with E-state index in [-0.39, 0.29) is 6.01 Å². The van der Waals surface area contributed by atoms with Crippen LogP contribution >= 0.6 is 0 Å². The van der Waals surface area contributed by atoms with Crippen molar-refractivity contribution in [3.63, 3.8) is 0 Å². The zero-order valence-electron chi connectivity index (χ0n) is 4.88. The summed E-state index contributed by atoms with van der Waals surface area (Å²) in [6.07, 6.45) is 3.16. The van der Waals surface area contributed by atoms with Crippen molar-refractivity contribution in [3.05, 3.63) is 12.0 Å². The molecule has 0 aromatic carbocycles. The molecule has 46 valence electrons. The summed E-state index contributed by atoms with van der Waals surface area (Å²) >= 11 is 0. The molecule has 0 unspecified atom stereocenters. The number of nitriles is 1. The largest absolute Gasteiger partial charge is 0.431 e. The van der Waals surface area contributed by atoms with E-state index in [4.69, 9.17) is 9.68 Å². The van der Waals surface area contributed by atoms with Crippen LogP contribution in [0.5, 0.6) is 0 Å². The van der Waals surface area contributed by atoms with Gasteiger partial charge in [0, 0.05) is 0 Å². The summed E-state index contributed by atoms with van der Waals surface area (Å²) in [5.41, 5.74) is 0.757. The zero-order valence-corrected chi connectivity index (χ0v) is 4.88. The Labute approximate surface area is 52.1 Å². The van der Waals surface area contributed by atoms with Gasteiger partial charge in [-0.15, -0.1) is 0 Å². The maximum Gasteiger partial charge on any atom is 0.308 e. The van der Waals surface area contributed by atoms with Gasteiger partial charge in [0.1, 0.15) is 6.26 Å². The Balaban J connectivity index is 2.76. The van der Waals surface area contributed by atoms with Gasteiger partial charge in [0.2, 0.25) is 0 Å². The maximum absolute atomic E-state index is 8.07. The highest BCUT2D eigenvalue weighted by Crippen LogP contribution is 2.03. The Bertz CT molecular complexity index is 235. The summed E-state index contributed by atoms with van der Waals surface area (Å²) in [7, 11) is 0. The van der Waals surface area contributed by atoms with E-state index in [0.29, 0.717) is 0 Å². The van der Waals surface area contributed by atoms with Crippen LogP contribution in [0.15, 0.2) is 10.7 Å². The molecule has 0 bridgehead atoms. The summed E-state index contributed by atoms with van der Waals surface area (Å²) in [5.74, 6) is 0. The lowest BCUT2D eigenvalue weighted by atomic mass is 10.6. The molecule has 0 aliphatic carbocycles. The molecule has 1 heterocycles. The van der Waals surface area contributed by atoms with E-state index in [0.717, 1.165) is 5.69 Å². The highest BCUT2D eigenvalue weighted by molar-refractivity contribution is 5.26. The van der Waals surface area contributed by atoms with Gasteiger partial charge in [-0.1, -0.05) is 0 Å². The number of rotatable bonds is 1. The number of anilines is 1. The molecule has 1 rings (SSSR count). The third-order valence-electron chi connectivity index (χ3n) is 0.782. The molecule has 1 N–H and O–H groups in total. The van der Waals surface area contributed by atoms with E-state index in [1.54, 1.807) is 13.1 Å². The van der Waals surface area contributed by atoms with Crippen LogP contribution in [-0.4, -0.2) is 4.98 Å². The van der Waals surface area contributed by atoms with Gasteiger partial charge in [-0.05, 0) is 6.92 Å². The number of hydrogen-bond acceptors (Lipinski definition) is 4. The van der Waals surface area contributed by atoms with Crippen molar-refractivity contribution in [3.8, 4) is 6.19 Å². The molecule has 0 amide bonds.